The molecule has 0 saturated heterocycles. The van der Waals surface area contributed by atoms with Gasteiger partial charge in [-0.2, -0.15) is 4.98 Å². The summed E-state index contributed by atoms with van der Waals surface area (Å²) in [6, 6.07) is 14.8. The van der Waals surface area contributed by atoms with E-state index >= 15 is 0 Å². The van der Waals surface area contributed by atoms with Gasteiger partial charge in [-0.25, -0.2) is 18.0 Å². The van der Waals surface area contributed by atoms with Crippen LogP contribution in [0.3, 0.4) is 0 Å². The minimum Gasteiger partial charge on any atom is -0.334 e. The molecule has 0 saturated carbocycles. The number of carbonyl (C=O) groups excluding carboxylic acids is 1. The highest BCUT2D eigenvalue weighted by Gasteiger charge is 2.36. The Kier molecular flexibility index (Phi) is 6.05. The van der Waals surface area contributed by atoms with Crippen molar-refractivity contribution in [3.05, 3.63) is 107 Å². The number of halogens is 3. The molecule has 36 heavy (non-hydrogen) atoms. The third-order valence-electron chi connectivity index (χ3n) is 6.07. The molecule has 3 aromatic carbocycles. The highest BCUT2D eigenvalue weighted by atomic mass is 19.1. The van der Waals surface area contributed by atoms with Gasteiger partial charge in [0.1, 0.15) is 17.5 Å². The van der Waals surface area contributed by atoms with Crippen LogP contribution in [0, 0.1) is 17.5 Å². The molecule has 0 spiro atoms. The first-order chi connectivity index (χ1) is 17.3. The van der Waals surface area contributed by atoms with E-state index in [1.54, 1.807) is 6.92 Å². The molecule has 2 amide bonds. The Morgan fingerprint density at radius 1 is 0.944 bits per heavy atom. The van der Waals surface area contributed by atoms with Crippen LogP contribution in [0.1, 0.15) is 36.9 Å². The van der Waals surface area contributed by atoms with Crippen molar-refractivity contribution in [3.63, 3.8) is 0 Å². The largest absolute Gasteiger partial charge is 0.334 e. The Labute approximate surface area is 205 Å². The number of urea groups is 1. The van der Waals surface area contributed by atoms with Crippen molar-refractivity contribution in [2.24, 2.45) is 0 Å². The lowest BCUT2D eigenvalue weighted by molar-refractivity contribution is 0.244. The quantitative estimate of drug-likeness (QED) is 0.351. The van der Waals surface area contributed by atoms with Crippen molar-refractivity contribution in [3.8, 4) is 11.4 Å². The smallest absolute Gasteiger partial charge is 0.327 e. The van der Waals surface area contributed by atoms with Crippen molar-refractivity contribution in [1.29, 1.82) is 0 Å². The molecule has 1 aliphatic rings. The molecule has 0 radical (unpaired) electrons. The number of nitrogens with zero attached hydrogens (tertiary/aromatic N) is 3. The molecule has 6 nitrogen and oxygen atoms in total. The van der Waals surface area contributed by atoms with Crippen LogP contribution in [0.25, 0.3) is 17.0 Å². The van der Waals surface area contributed by atoms with E-state index in [0.717, 1.165) is 40.6 Å². The van der Waals surface area contributed by atoms with E-state index < -0.39 is 29.5 Å². The van der Waals surface area contributed by atoms with Gasteiger partial charge in [-0.3, -0.25) is 4.90 Å². The fourth-order valence-electron chi connectivity index (χ4n) is 4.24. The highest BCUT2D eigenvalue weighted by Crippen LogP contribution is 2.39. The first-order valence-electron chi connectivity index (χ1n) is 11.3. The summed E-state index contributed by atoms with van der Waals surface area (Å²) in [7, 11) is 0. The number of aryl methyl sites for hydroxylation is 1. The van der Waals surface area contributed by atoms with Crippen molar-refractivity contribution in [1.82, 2.24) is 15.5 Å². The summed E-state index contributed by atoms with van der Waals surface area (Å²) in [5, 5.41) is 6.92. The molecule has 0 fully saturated rings. The molecule has 1 aromatic heterocycles. The molecular formula is C27H21F3N4O2. The van der Waals surface area contributed by atoms with Gasteiger partial charge in [-0.1, -0.05) is 48.5 Å². The zero-order valence-electron chi connectivity index (χ0n) is 19.4. The molecule has 9 heteroatoms. The molecule has 1 atom stereocenters. The number of aromatic nitrogens is 2. The topological polar surface area (TPSA) is 71.3 Å². The van der Waals surface area contributed by atoms with Gasteiger partial charge in [0.2, 0.25) is 5.82 Å². The number of amides is 2. The number of nitrogens with one attached hydrogen (secondary N) is 1. The van der Waals surface area contributed by atoms with Gasteiger partial charge in [0.15, 0.2) is 0 Å². The zero-order valence-corrected chi connectivity index (χ0v) is 19.4. The Morgan fingerprint density at radius 2 is 1.61 bits per heavy atom. The van der Waals surface area contributed by atoms with E-state index in [1.807, 2.05) is 24.3 Å². The second-order valence-corrected chi connectivity index (χ2v) is 8.37. The second kappa shape index (κ2) is 9.33. The van der Waals surface area contributed by atoms with E-state index in [9.17, 15) is 18.0 Å². The first kappa shape index (κ1) is 23.3. The summed E-state index contributed by atoms with van der Waals surface area (Å²) >= 11 is 0. The number of benzene rings is 3. The molecule has 5 rings (SSSR count). The second-order valence-electron chi connectivity index (χ2n) is 8.37. The van der Waals surface area contributed by atoms with Crippen molar-refractivity contribution in [2.45, 2.75) is 26.3 Å². The number of allylic oxidation sites excluding steroid dienone is 1. The Hall–Kier alpha value is -4.40. The maximum atomic E-state index is 14.0. The maximum absolute atomic E-state index is 14.0. The van der Waals surface area contributed by atoms with Crippen LogP contribution in [0.2, 0.25) is 0 Å². The number of anilines is 1. The van der Waals surface area contributed by atoms with Crippen LogP contribution in [0.15, 0.2) is 77.0 Å². The summed E-state index contributed by atoms with van der Waals surface area (Å²) in [4.78, 5) is 18.8. The molecule has 2 heterocycles. The van der Waals surface area contributed by atoms with Crippen molar-refractivity contribution >= 4 is 17.3 Å². The third kappa shape index (κ3) is 4.35. The first-order valence-corrected chi connectivity index (χ1v) is 11.3. The van der Waals surface area contributed by atoms with Crippen LogP contribution in [0.4, 0.5) is 23.7 Å². The van der Waals surface area contributed by atoms with Crippen LogP contribution in [-0.2, 0) is 6.42 Å². The number of carbonyl (C=O) groups is 1. The Morgan fingerprint density at radius 3 is 2.25 bits per heavy atom. The number of hydrogen-bond donors (Lipinski definition) is 1. The van der Waals surface area contributed by atoms with Crippen LogP contribution in [0.5, 0.6) is 0 Å². The maximum Gasteiger partial charge on any atom is 0.327 e. The Bertz CT molecular complexity index is 1440. The average Bonchev–Trinajstić information content (AvgIpc) is 3.33. The van der Waals surface area contributed by atoms with Crippen molar-refractivity contribution in [2.75, 3.05) is 4.90 Å². The Balaban J connectivity index is 1.64. The van der Waals surface area contributed by atoms with Gasteiger partial charge in [0.25, 0.3) is 5.89 Å². The van der Waals surface area contributed by atoms with Crippen molar-refractivity contribution < 1.29 is 22.5 Å². The lowest BCUT2D eigenvalue weighted by atomic mass is 9.94. The normalized spacial score (nSPS) is 15.9. The molecule has 0 aliphatic carbocycles. The van der Waals surface area contributed by atoms with E-state index in [4.69, 9.17) is 4.52 Å². The van der Waals surface area contributed by atoms with Crippen LogP contribution in [-0.4, -0.2) is 16.2 Å². The standard InChI is InChI=1S/C27H21F3N4O2/c1-3-16-4-6-18(7-5-16)25-32-26(36-33-25)23-15(2)34(22-13-20(29)12-21(30)14-22)27(35)31-24(23)17-8-10-19(28)11-9-17/h4-14,24H,3H2,1-2H3,(H,31,35). The number of rotatable bonds is 5. The van der Waals surface area contributed by atoms with Gasteiger partial charge in [0, 0.05) is 17.3 Å². The lowest BCUT2D eigenvalue weighted by Gasteiger charge is -2.35. The average molecular weight is 490 g/mol. The molecule has 0 bridgehead atoms. The van der Waals surface area contributed by atoms with Gasteiger partial charge < -0.3 is 9.84 Å². The summed E-state index contributed by atoms with van der Waals surface area (Å²) in [6.07, 6.45) is 0.888. The van der Waals surface area contributed by atoms with E-state index in [1.165, 1.54) is 24.3 Å². The van der Waals surface area contributed by atoms with E-state index in [-0.39, 0.29) is 11.6 Å². The third-order valence-corrected chi connectivity index (χ3v) is 6.07. The molecule has 1 aliphatic heterocycles. The summed E-state index contributed by atoms with van der Waals surface area (Å²) in [6.45, 7) is 3.67. The molecule has 4 aromatic rings. The summed E-state index contributed by atoms with van der Waals surface area (Å²) < 4.78 is 47.2. The number of hydrogen-bond acceptors (Lipinski definition) is 4. The minimum absolute atomic E-state index is 0.00699. The van der Waals surface area contributed by atoms with Gasteiger partial charge in [0.05, 0.1) is 17.3 Å². The summed E-state index contributed by atoms with van der Waals surface area (Å²) in [5.41, 5.74) is 3.20. The fraction of sp³-hybridized carbons (Fsp3) is 0.148. The molecular weight excluding hydrogens is 469 g/mol. The monoisotopic (exact) mass is 490 g/mol. The molecule has 182 valence electrons. The predicted molar refractivity (Wildman–Crippen MR) is 128 cm³/mol. The predicted octanol–water partition coefficient (Wildman–Crippen LogP) is 6.42. The zero-order chi connectivity index (χ0) is 25.4. The SMILES string of the molecule is CCc1ccc(-c2noc(C3=C(C)N(c4cc(F)cc(F)c4)C(=O)NC3c3ccc(F)cc3)n2)cc1. The minimum atomic E-state index is -0.830. The van der Waals surface area contributed by atoms with Crippen LogP contribution >= 0.6 is 0 Å². The molecule has 1 N–H and O–H groups in total. The fourth-order valence-corrected chi connectivity index (χ4v) is 4.24. The van der Waals surface area contributed by atoms with E-state index in [0.29, 0.717) is 22.7 Å². The van der Waals surface area contributed by atoms with Gasteiger partial charge in [-0.15, -0.1) is 0 Å². The molecule has 1 unspecified atom stereocenters. The summed E-state index contributed by atoms with van der Waals surface area (Å²) in [5.74, 6) is -1.65. The van der Waals surface area contributed by atoms with E-state index in [2.05, 4.69) is 22.4 Å². The van der Waals surface area contributed by atoms with Crippen LogP contribution < -0.4 is 10.2 Å². The van der Waals surface area contributed by atoms with Gasteiger partial charge >= 0.3 is 6.03 Å². The lowest BCUT2D eigenvalue weighted by Crippen LogP contribution is -2.46. The van der Waals surface area contributed by atoms with Gasteiger partial charge in [-0.05, 0) is 48.7 Å². The highest BCUT2D eigenvalue weighted by molar-refractivity contribution is 6.01.